The van der Waals surface area contributed by atoms with Gasteiger partial charge in [0.2, 0.25) is 0 Å². The summed E-state index contributed by atoms with van der Waals surface area (Å²) in [4.78, 5) is -0.353. The zero-order valence-electron chi connectivity index (χ0n) is 6.69. The van der Waals surface area contributed by atoms with E-state index < -0.39 is 14.8 Å². The molecular formula is C7H7ClO4S. The second-order valence-electron chi connectivity index (χ2n) is 2.27. The van der Waals surface area contributed by atoms with Crippen LogP contribution >= 0.6 is 10.7 Å². The smallest absolute Gasteiger partial charge is 0.265 e. The molecule has 0 spiro atoms. The van der Waals surface area contributed by atoms with E-state index in [4.69, 9.17) is 20.5 Å². The van der Waals surface area contributed by atoms with Crippen LogP contribution in [0.1, 0.15) is 0 Å². The summed E-state index contributed by atoms with van der Waals surface area (Å²) in [5.41, 5.74) is 0. The van der Waals surface area contributed by atoms with Crippen molar-refractivity contribution in [3.63, 3.8) is 0 Å². The Labute approximate surface area is 80.1 Å². The highest BCUT2D eigenvalue weighted by molar-refractivity contribution is 8.13. The highest BCUT2D eigenvalue weighted by Crippen LogP contribution is 2.29. The summed E-state index contributed by atoms with van der Waals surface area (Å²) in [5, 5.41) is 9.15. The summed E-state index contributed by atoms with van der Waals surface area (Å²) in [6, 6.07) is 3.78. The SMILES string of the molecule is COc1ccc(O)c(S(=O)(=O)Cl)c1. The number of methoxy groups -OCH3 is 1. The number of phenols is 1. The minimum absolute atomic E-state index is 0.317. The van der Waals surface area contributed by atoms with Gasteiger partial charge in [0.1, 0.15) is 16.4 Å². The highest BCUT2D eigenvalue weighted by atomic mass is 35.7. The van der Waals surface area contributed by atoms with E-state index in [1.54, 1.807) is 0 Å². The monoisotopic (exact) mass is 222 g/mol. The molecule has 0 saturated carbocycles. The first-order valence-electron chi connectivity index (χ1n) is 3.27. The van der Waals surface area contributed by atoms with Gasteiger partial charge in [-0.1, -0.05) is 0 Å². The Hall–Kier alpha value is -0.940. The van der Waals surface area contributed by atoms with Gasteiger partial charge in [0.05, 0.1) is 7.11 Å². The lowest BCUT2D eigenvalue weighted by Gasteiger charge is -2.03. The number of aromatic hydroxyl groups is 1. The molecule has 0 aromatic heterocycles. The van der Waals surface area contributed by atoms with E-state index in [0.29, 0.717) is 5.75 Å². The molecule has 1 N–H and O–H groups in total. The number of halogens is 1. The van der Waals surface area contributed by atoms with Crippen molar-refractivity contribution in [1.29, 1.82) is 0 Å². The van der Waals surface area contributed by atoms with E-state index in [9.17, 15) is 8.42 Å². The maximum Gasteiger partial charge on any atom is 0.265 e. The van der Waals surface area contributed by atoms with Gasteiger partial charge in [0, 0.05) is 16.7 Å². The molecule has 0 unspecified atom stereocenters. The Morgan fingerprint density at radius 1 is 1.46 bits per heavy atom. The van der Waals surface area contributed by atoms with Crippen LogP contribution in [0.3, 0.4) is 0 Å². The molecule has 13 heavy (non-hydrogen) atoms. The van der Waals surface area contributed by atoms with Crippen molar-refractivity contribution in [3.8, 4) is 11.5 Å². The van der Waals surface area contributed by atoms with E-state index in [1.807, 2.05) is 0 Å². The number of ether oxygens (including phenoxy) is 1. The van der Waals surface area contributed by atoms with Crippen LogP contribution in [0.5, 0.6) is 11.5 Å². The van der Waals surface area contributed by atoms with Crippen LogP contribution in [0, 0.1) is 0 Å². The van der Waals surface area contributed by atoms with E-state index in [1.165, 1.54) is 19.2 Å². The molecule has 0 amide bonds. The molecule has 4 nitrogen and oxygen atoms in total. The van der Waals surface area contributed by atoms with Crippen LogP contribution < -0.4 is 4.74 Å². The molecular weight excluding hydrogens is 216 g/mol. The lowest BCUT2D eigenvalue weighted by molar-refractivity contribution is 0.408. The van der Waals surface area contributed by atoms with Gasteiger partial charge < -0.3 is 9.84 Å². The Kier molecular flexibility index (Phi) is 2.68. The summed E-state index contributed by atoms with van der Waals surface area (Å²) < 4.78 is 26.5. The lowest BCUT2D eigenvalue weighted by atomic mass is 10.3. The summed E-state index contributed by atoms with van der Waals surface area (Å²) in [6.07, 6.45) is 0. The van der Waals surface area contributed by atoms with Crippen LogP contribution in [-0.2, 0) is 9.05 Å². The number of rotatable bonds is 2. The van der Waals surface area contributed by atoms with Crippen LogP contribution in [0.15, 0.2) is 23.1 Å². The van der Waals surface area contributed by atoms with Gasteiger partial charge in [-0.3, -0.25) is 0 Å². The van der Waals surface area contributed by atoms with Crippen molar-refractivity contribution in [1.82, 2.24) is 0 Å². The summed E-state index contributed by atoms with van der Waals surface area (Å²) in [7, 11) is 2.51. The average Bonchev–Trinajstić information content (AvgIpc) is 2.03. The second kappa shape index (κ2) is 3.43. The molecule has 1 rings (SSSR count). The molecule has 0 fully saturated rings. The molecule has 0 aliphatic heterocycles. The predicted octanol–water partition coefficient (Wildman–Crippen LogP) is 1.33. The average molecular weight is 223 g/mol. The minimum atomic E-state index is -3.92. The van der Waals surface area contributed by atoms with Gasteiger partial charge in [-0.15, -0.1) is 0 Å². The molecule has 0 heterocycles. The topological polar surface area (TPSA) is 63.6 Å². The molecule has 0 atom stereocenters. The molecule has 1 aromatic rings. The zero-order chi connectivity index (χ0) is 10.1. The molecule has 0 aliphatic carbocycles. The third-order valence-corrected chi connectivity index (χ3v) is 2.78. The number of hydrogen-bond donors (Lipinski definition) is 1. The minimum Gasteiger partial charge on any atom is -0.507 e. The van der Waals surface area contributed by atoms with Crippen LogP contribution in [0.4, 0.5) is 0 Å². The lowest BCUT2D eigenvalue weighted by Crippen LogP contribution is -1.92. The van der Waals surface area contributed by atoms with Gasteiger partial charge in [0.25, 0.3) is 9.05 Å². The molecule has 0 bridgehead atoms. The fourth-order valence-corrected chi connectivity index (χ4v) is 1.76. The van der Waals surface area contributed by atoms with Crippen molar-refractivity contribution in [2.24, 2.45) is 0 Å². The van der Waals surface area contributed by atoms with Crippen LogP contribution in [0.2, 0.25) is 0 Å². The third kappa shape index (κ3) is 2.26. The molecule has 6 heteroatoms. The Morgan fingerprint density at radius 3 is 2.54 bits per heavy atom. The number of benzene rings is 1. The number of hydrogen-bond acceptors (Lipinski definition) is 4. The zero-order valence-corrected chi connectivity index (χ0v) is 8.26. The van der Waals surface area contributed by atoms with Crippen molar-refractivity contribution in [2.45, 2.75) is 4.90 Å². The standard InChI is InChI=1S/C7H7ClO4S/c1-12-5-2-3-6(9)7(4-5)13(8,10)11/h2-4,9H,1H3. The molecule has 0 radical (unpaired) electrons. The fourth-order valence-electron chi connectivity index (χ4n) is 0.817. The van der Waals surface area contributed by atoms with E-state index in [0.717, 1.165) is 6.07 Å². The first-order chi connectivity index (χ1) is 5.95. The Balaban J connectivity index is 3.36. The Bertz CT molecular complexity index is 413. The molecule has 0 saturated heterocycles. The van der Waals surface area contributed by atoms with Gasteiger partial charge in [-0.2, -0.15) is 0 Å². The maximum absolute atomic E-state index is 10.9. The van der Waals surface area contributed by atoms with E-state index in [-0.39, 0.29) is 4.90 Å². The van der Waals surface area contributed by atoms with Gasteiger partial charge in [0.15, 0.2) is 0 Å². The van der Waals surface area contributed by atoms with E-state index in [2.05, 4.69) is 0 Å². The summed E-state index contributed by atoms with van der Waals surface area (Å²) >= 11 is 0. The quantitative estimate of drug-likeness (QED) is 0.767. The first-order valence-corrected chi connectivity index (χ1v) is 5.58. The summed E-state index contributed by atoms with van der Waals surface area (Å²) in [6.45, 7) is 0. The molecule has 72 valence electrons. The second-order valence-corrected chi connectivity index (χ2v) is 4.81. The van der Waals surface area contributed by atoms with Gasteiger partial charge >= 0.3 is 0 Å². The predicted molar refractivity (Wildman–Crippen MR) is 47.7 cm³/mol. The largest absolute Gasteiger partial charge is 0.507 e. The molecule has 0 aliphatic rings. The fraction of sp³-hybridized carbons (Fsp3) is 0.143. The first kappa shape index (κ1) is 10.1. The van der Waals surface area contributed by atoms with Crippen molar-refractivity contribution < 1.29 is 18.3 Å². The highest BCUT2D eigenvalue weighted by Gasteiger charge is 2.16. The molecule has 1 aromatic carbocycles. The van der Waals surface area contributed by atoms with Crippen LogP contribution in [0.25, 0.3) is 0 Å². The Morgan fingerprint density at radius 2 is 2.08 bits per heavy atom. The van der Waals surface area contributed by atoms with Gasteiger partial charge in [-0.05, 0) is 12.1 Å². The maximum atomic E-state index is 10.9. The number of phenolic OH excluding ortho intramolecular Hbond substituents is 1. The van der Waals surface area contributed by atoms with Gasteiger partial charge in [-0.25, -0.2) is 8.42 Å². The normalized spacial score (nSPS) is 11.2. The third-order valence-electron chi connectivity index (χ3n) is 1.43. The summed E-state index contributed by atoms with van der Waals surface area (Å²) in [5.74, 6) is -0.0761. The van der Waals surface area contributed by atoms with Crippen molar-refractivity contribution >= 4 is 19.7 Å². The van der Waals surface area contributed by atoms with E-state index >= 15 is 0 Å². The van der Waals surface area contributed by atoms with Crippen molar-refractivity contribution in [3.05, 3.63) is 18.2 Å². The van der Waals surface area contributed by atoms with Crippen molar-refractivity contribution in [2.75, 3.05) is 7.11 Å². The van der Waals surface area contributed by atoms with Crippen LogP contribution in [-0.4, -0.2) is 20.6 Å².